The second kappa shape index (κ2) is 7.29. The molecule has 0 nitrogen and oxygen atoms in total. The van der Waals surface area contributed by atoms with E-state index in [4.69, 9.17) is 0 Å². The third kappa shape index (κ3) is 4.41. The molecule has 0 fully saturated rings. The number of rotatable bonds is 4. The first-order valence-corrected chi connectivity index (χ1v) is 7.35. The summed E-state index contributed by atoms with van der Waals surface area (Å²) < 4.78 is 92.3. The van der Waals surface area contributed by atoms with Gasteiger partial charge in [0, 0.05) is 5.56 Å². The molecule has 0 aliphatic rings. The first kappa shape index (κ1) is 19.0. The molecule has 2 aromatic rings. The van der Waals surface area contributed by atoms with Gasteiger partial charge in [-0.1, -0.05) is 19.4 Å². The monoisotopic (exact) mass is 362 g/mol. The maximum atomic E-state index is 13.9. The van der Waals surface area contributed by atoms with E-state index in [1.165, 1.54) is 0 Å². The van der Waals surface area contributed by atoms with Crippen molar-refractivity contribution in [3.8, 4) is 0 Å². The molecule has 7 heteroatoms. The molecule has 2 aromatic carbocycles. The Morgan fingerprint density at radius 3 is 1.76 bits per heavy atom. The maximum absolute atomic E-state index is 13.9. The highest BCUT2D eigenvalue weighted by Crippen LogP contribution is 2.34. The van der Waals surface area contributed by atoms with Gasteiger partial charge in [0.05, 0.1) is 0 Å². The van der Waals surface area contributed by atoms with Gasteiger partial charge in [0.15, 0.2) is 0 Å². The molecule has 0 aliphatic carbocycles. The lowest BCUT2D eigenvalue weighted by Gasteiger charge is -2.10. The van der Waals surface area contributed by atoms with Crippen molar-refractivity contribution in [2.24, 2.45) is 0 Å². The fraction of sp³-hybridized carbons (Fsp3) is 0.222. The average Bonchev–Trinajstić information content (AvgIpc) is 2.44. The molecule has 0 N–H and O–H groups in total. The Bertz CT molecular complexity index is 758. The summed E-state index contributed by atoms with van der Waals surface area (Å²) in [6.07, 6.45) is -2.15. The first-order valence-electron chi connectivity index (χ1n) is 7.35. The number of hydrogen-bond acceptors (Lipinski definition) is 0. The quantitative estimate of drug-likeness (QED) is 0.437. The molecule has 0 unspecified atom stereocenters. The van der Waals surface area contributed by atoms with Gasteiger partial charge in [0.1, 0.15) is 28.8 Å². The Kier molecular flexibility index (Phi) is 5.55. The predicted octanol–water partition coefficient (Wildman–Crippen LogP) is 6.38. The number of aryl methyl sites for hydroxylation is 1. The minimum atomic E-state index is -5.18. The van der Waals surface area contributed by atoms with Gasteiger partial charge < -0.3 is 0 Å². The Balaban J connectivity index is 2.38. The third-order valence-electron chi connectivity index (χ3n) is 3.47. The van der Waals surface area contributed by atoms with Gasteiger partial charge in [0.2, 0.25) is 0 Å². The Morgan fingerprint density at radius 1 is 0.800 bits per heavy atom. The summed E-state index contributed by atoms with van der Waals surface area (Å²) in [6, 6.07) is 3.17. The molecule has 0 aromatic heterocycles. The van der Waals surface area contributed by atoms with Crippen LogP contribution in [0.1, 0.15) is 35.6 Å². The lowest BCUT2D eigenvalue weighted by molar-refractivity contribution is -0.142. The lowest BCUT2D eigenvalue weighted by Crippen LogP contribution is -2.11. The molecule has 0 bridgehead atoms. The minimum absolute atomic E-state index is 0.292. The van der Waals surface area contributed by atoms with Gasteiger partial charge in [-0.05, 0) is 47.9 Å². The van der Waals surface area contributed by atoms with Gasteiger partial charge in [0.25, 0.3) is 0 Å². The smallest absolute Gasteiger partial charge is 0.206 e. The van der Waals surface area contributed by atoms with Crippen molar-refractivity contribution < 1.29 is 30.7 Å². The van der Waals surface area contributed by atoms with Crippen LogP contribution in [0.5, 0.6) is 0 Å². The van der Waals surface area contributed by atoms with Crippen LogP contribution in [0.3, 0.4) is 0 Å². The molecule has 0 atom stereocenters. The number of halogens is 7. The van der Waals surface area contributed by atoms with Crippen molar-refractivity contribution in [3.05, 3.63) is 69.8 Å². The molecule has 0 heterocycles. The summed E-state index contributed by atoms with van der Waals surface area (Å²) in [4.78, 5) is 0. The summed E-state index contributed by atoms with van der Waals surface area (Å²) >= 11 is 0. The van der Waals surface area contributed by atoms with E-state index in [1.807, 2.05) is 6.92 Å². The molecule has 25 heavy (non-hydrogen) atoms. The topological polar surface area (TPSA) is 0 Å². The Labute approximate surface area is 139 Å². The van der Waals surface area contributed by atoms with Crippen LogP contribution in [-0.2, 0) is 12.6 Å². The van der Waals surface area contributed by atoms with Crippen LogP contribution in [0, 0.1) is 23.3 Å². The molecule has 2 rings (SSSR count). The summed E-state index contributed by atoms with van der Waals surface area (Å²) in [5, 5.41) is 0. The van der Waals surface area contributed by atoms with Gasteiger partial charge >= 0.3 is 6.18 Å². The molecule has 0 amide bonds. The van der Waals surface area contributed by atoms with E-state index >= 15 is 0 Å². The summed E-state index contributed by atoms with van der Waals surface area (Å²) in [7, 11) is 0. The second-order valence-corrected chi connectivity index (χ2v) is 5.41. The van der Waals surface area contributed by atoms with E-state index in [-0.39, 0.29) is 5.56 Å². The zero-order valence-electron chi connectivity index (χ0n) is 13.0. The van der Waals surface area contributed by atoms with Crippen molar-refractivity contribution >= 4 is 12.2 Å². The molecule has 0 aliphatic heterocycles. The number of alkyl halides is 3. The Morgan fingerprint density at radius 2 is 1.32 bits per heavy atom. The largest absolute Gasteiger partial charge is 0.422 e. The van der Waals surface area contributed by atoms with Crippen LogP contribution < -0.4 is 0 Å². The zero-order chi connectivity index (χ0) is 18.8. The van der Waals surface area contributed by atoms with E-state index in [9.17, 15) is 30.7 Å². The van der Waals surface area contributed by atoms with Crippen LogP contribution in [0.2, 0.25) is 0 Å². The molecule has 0 radical (unpaired) electrons. The van der Waals surface area contributed by atoms with E-state index in [0.717, 1.165) is 24.3 Å². The van der Waals surface area contributed by atoms with Crippen molar-refractivity contribution in [1.82, 2.24) is 0 Å². The maximum Gasteiger partial charge on any atom is 0.422 e. The van der Waals surface area contributed by atoms with Gasteiger partial charge in [-0.3, -0.25) is 0 Å². The highest BCUT2D eigenvalue weighted by Gasteiger charge is 2.37. The van der Waals surface area contributed by atoms with Gasteiger partial charge in [-0.25, -0.2) is 17.6 Å². The third-order valence-corrected chi connectivity index (χ3v) is 3.47. The number of benzene rings is 2. The SMILES string of the molecule is CCCc1cc(F)c(/C=C/c2cc(F)c(C(F)(F)F)c(F)c2)c(F)c1. The van der Waals surface area contributed by atoms with Crippen molar-refractivity contribution in [2.45, 2.75) is 25.9 Å². The van der Waals surface area contributed by atoms with E-state index < -0.39 is 40.6 Å². The van der Waals surface area contributed by atoms with E-state index in [1.54, 1.807) is 0 Å². The first-order chi connectivity index (χ1) is 11.6. The molecular formula is C18H13F7. The standard InChI is InChI=1S/C18H13F7/c1-2-3-10-6-13(19)12(14(20)7-10)5-4-11-8-15(21)17(16(22)9-11)18(23,24)25/h4-9H,2-3H2,1H3/b5-4+. The zero-order valence-corrected chi connectivity index (χ0v) is 13.0. The normalized spacial score (nSPS) is 12.2. The van der Waals surface area contributed by atoms with Gasteiger partial charge in [-0.2, -0.15) is 13.2 Å². The predicted molar refractivity (Wildman–Crippen MR) is 80.6 cm³/mol. The van der Waals surface area contributed by atoms with Crippen LogP contribution in [-0.4, -0.2) is 0 Å². The molecule has 0 saturated carbocycles. The lowest BCUT2D eigenvalue weighted by atomic mass is 10.0. The highest BCUT2D eigenvalue weighted by molar-refractivity contribution is 5.70. The van der Waals surface area contributed by atoms with Crippen molar-refractivity contribution in [3.63, 3.8) is 0 Å². The van der Waals surface area contributed by atoms with Crippen LogP contribution in [0.4, 0.5) is 30.7 Å². The van der Waals surface area contributed by atoms with Crippen LogP contribution in [0.15, 0.2) is 24.3 Å². The fourth-order valence-corrected chi connectivity index (χ4v) is 2.37. The van der Waals surface area contributed by atoms with Crippen LogP contribution >= 0.6 is 0 Å². The molecule has 0 saturated heterocycles. The summed E-state index contributed by atoms with van der Waals surface area (Å²) in [6.45, 7) is 1.84. The van der Waals surface area contributed by atoms with Crippen molar-refractivity contribution in [2.75, 3.05) is 0 Å². The van der Waals surface area contributed by atoms with Crippen LogP contribution in [0.25, 0.3) is 12.2 Å². The summed E-state index contributed by atoms with van der Waals surface area (Å²) in [5.74, 6) is -5.34. The van der Waals surface area contributed by atoms with E-state index in [0.29, 0.717) is 30.5 Å². The van der Waals surface area contributed by atoms with Crippen molar-refractivity contribution in [1.29, 1.82) is 0 Å². The second-order valence-electron chi connectivity index (χ2n) is 5.41. The molecule has 134 valence electrons. The highest BCUT2D eigenvalue weighted by atomic mass is 19.4. The number of hydrogen-bond donors (Lipinski definition) is 0. The molecular weight excluding hydrogens is 349 g/mol. The average molecular weight is 362 g/mol. The van der Waals surface area contributed by atoms with Gasteiger partial charge in [-0.15, -0.1) is 0 Å². The minimum Gasteiger partial charge on any atom is -0.206 e. The fourth-order valence-electron chi connectivity index (χ4n) is 2.37. The Hall–Kier alpha value is -2.31. The summed E-state index contributed by atoms with van der Waals surface area (Å²) in [5.41, 5.74) is -2.28. The molecule has 0 spiro atoms. The van der Waals surface area contributed by atoms with E-state index in [2.05, 4.69) is 0 Å².